The van der Waals surface area contributed by atoms with Crippen molar-refractivity contribution in [1.29, 1.82) is 0 Å². The predicted octanol–water partition coefficient (Wildman–Crippen LogP) is 3.46. The van der Waals surface area contributed by atoms with Crippen molar-refractivity contribution in [3.63, 3.8) is 0 Å². The Morgan fingerprint density at radius 1 is 0.960 bits per heavy atom. The molecule has 2 rings (SSSR count). The number of hydrogen-bond acceptors (Lipinski definition) is 3. The maximum absolute atomic E-state index is 12.4. The molecule has 0 atom stereocenters. The van der Waals surface area contributed by atoms with Crippen LogP contribution in [0, 0.1) is 19.3 Å². The standard InChI is InChI=1S/C21H32N2O2/c1-16-6-7-18(14-17(16)2)19(24)8-9-20(25)23-12-10-22(11-13-23)15-21(3,4)5/h6-7,14H,8-13,15H2,1-5H3. The highest BCUT2D eigenvalue weighted by Crippen LogP contribution is 2.17. The summed E-state index contributed by atoms with van der Waals surface area (Å²) in [5.74, 6) is 0.162. The number of Topliss-reactive ketones (excluding diaryl/α,β-unsaturated/α-hetero) is 1. The molecule has 1 saturated heterocycles. The van der Waals surface area contributed by atoms with Crippen LogP contribution in [0.15, 0.2) is 18.2 Å². The second kappa shape index (κ2) is 8.13. The summed E-state index contributed by atoms with van der Waals surface area (Å²) >= 11 is 0. The van der Waals surface area contributed by atoms with Crippen molar-refractivity contribution < 1.29 is 9.59 Å². The van der Waals surface area contributed by atoms with Crippen LogP contribution in [0.25, 0.3) is 0 Å². The quantitative estimate of drug-likeness (QED) is 0.768. The minimum Gasteiger partial charge on any atom is -0.340 e. The van der Waals surface area contributed by atoms with Gasteiger partial charge in [0.15, 0.2) is 5.78 Å². The van der Waals surface area contributed by atoms with Gasteiger partial charge in [-0.05, 0) is 36.5 Å². The first-order chi connectivity index (χ1) is 11.7. The van der Waals surface area contributed by atoms with Gasteiger partial charge in [-0.15, -0.1) is 0 Å². The largest absolute Gasteiger partial charge is 0.340 e. The summed E-state index contributed by atoms with van der Waals surface area (Å²) in [4.78, 5) is 29.1. The van der Waals surface area contributed by atoms with Gasteiger partial charge in [0.25, 0.3) is 0 Å². The molecule has 4 heteroatoms. The molecule has 1 amide bonds. The minimum atomic E-state index is 0.0582. The maximum Gasteiger partial charge on any atom is 0.223 e. The summed E-state index contributed by atoms with van der Waals surface area (Å²) in [6.45, 7) is 15.2. The third kappa shape index (κ3) is 5.96. The number of carbonyl (C=O) groups excluding carboxylic acids is 2. The number of aryl methyl sites for hydroxylation is 2. The monoisotopic (exact) mass is 344 g/mol. The Balaban J connectivity index is 1.79. The van der Waals surface area contributed by atoms with E-state index in [4.69, 9.17) is 0 Å². The molecule has 1 aliphatic heterocycles. The van der Waals surface area contributed by atoms with E-state index in [-0.39, 0.29) is 17.1 Å². The normalized spacial score (nSPS) is 16.1. The van der Waals surface area contributed by atoms with Crippen molar-refractivity contribution in [2.75, 3.05) is 32.7 Å². The average molecular weight is 344 g/mol. The molecule has 0 N–H and O–H groups in total. The summed E-state index contributed by atoms with van der Waals surface area (Å²) in [5, 5.41) is 0. The van der Waals surface area contributed by atoms with Crippen molar-refractivity contribution in [2.45, 2.75) is 47.5 Å². The van der Waals surface area contributed by atoms with Gasteiger partial charge in [-0.3, -0.25) is 14.5 Å². The molecule has 0 bridgehead atoms. The Morgan fingerprint density at radius 2 is 1.60 bits per heavy atom. The van der Waals surface area contributed by atoms with Crippen molar-refractivity contribution in [2.24, 2.45) is 5.41 Å². The SMILES string of the molecule is Cc1ccc(C(=O)CCC(=O)N2CCN(CC(C)(C)C)CC2)cc1C. The molecule has 0 aromatic heterocycles. The fourth-order valence-electron chi connectivity index (χ4n) is 3.26. The predicted molar refractivity (Wildman–Crippen MR) is 102 cm³/mol. The fraction of sp³-hybridized carbons (Fsp3) is 0.619. The Labute approximate surface area is 152 Å². The Kier molecular flexibility index (Phi) is 6.39. The Hall–Kier alpha value is -1.68. The number of rotatable bonds is 5. The lowest BCUT2D eigenvalue weighted by Crippen LogP contribution is -2.50. The van der Waals surface area contributed by atoms with Gasteiger partial charge in [-0.1, -0.05) is 32.9 Å². The zero-order chi connectivity index (χ0) is 18.6. The van der Waals surface area contributed by atoms with E-state index in [0.29, 0.717) is 18.4 Å². The molecule has 138 valence electrons. The molecule has 0 radical (unpaired) electrons. The molecule has 1 aromatic carbocycles. The molecule has 0 spiro atoms. The van der Waals surface area contributed by atoms with E-state index in [1.165, 1.54) is 5.56 Å². The van der Waals surface area contributed by atoms with Gasteiger partial charge in [0, 0.05) is 51.1 Å². The lowest BCUT2D eigenvalue weighted by atomic mass is 9.96. The van der Waals surface area contributed by atoms with Crippen LogP contribution in [0.5, 0.6) is 0 Å². The van der Waals surface area contributed by atoms with Gasteiger partial charge in [0.05, 0.1) is 0 Å². The third-order valence-corrected chi connectivity index (χ3v) is 4.82. The highest BCUT2D eigenvalue weighted by molar-refractivity contribution is 5.98. The smallest absolute Gasteiger partial charge is 0.223 e. The summed E-state index contributed by atoms with van der Waals surface area (Å²) in [6.07, 6.45) is 0.606. The van der Waals surface area contributed by atoms with Crippen LogP contribution >= 0.6 is 0 Å². The van der Waals surface area contributed by atoms with Crippen LogP contribution in [-0.4, -0.2) is 54.2 Å². The highest BCUT2D eigenvalue weighted by Gasteiger charge is 2.24. The molecule has 0 saturated carbocycles. The summed E-state index contributed by atoms with van der Waals surface area (Å²) in [5.41, 5.74) is 3.30. The zero-order valence-corrected chi connectivity index (χ0v) is 16.4. The van der Waals surface area contributed by atoms with Crippen LogP contribution in [0.2, 0.25) is 0 Å². The molecule has 1 aromatic rings. The topological polar surface area (TPSA) is 40.6 Å². The lowest BCUT2D eigenvalue weighted by molar-refractivity contribution is -0.133. The fourth-order valence-corrected chi connectivity index (χ4v) is 3.26. The van der Waals surface area contributed by atoms with Gasteiger partial charge >= 0.3 is 0 Å². The zero-order valence-electron chi connectivity index (χ0n) is 16.4. The number of hydrogen-bond donors (Lipinski definition) is 0. The first kappa shape index (κ1) is 19.6. The van der Waals surface area contributed by atoms with Crippen molar-refractivity contribution in [3.8, 4) is 0 Å². The molecule has 1 heterocycles. The van der Waals surface area contributed by atoms with Crippen molar-refractivity contribution in [1.82, 2.24) is 9.80 Å². The highest BCUT2D eigenvalue weighted by atomic mass is 16.2. The lowest BCUT2D eigenvalue weighted by Gasteiger charge is -2.37. The Bertz CT molecular complexity index is 623. The summed E-state index contributed by atoms with van der Waals surface area (Å²) in [7, 11) is 0. The van der Waals surface area contributed by atoms with Crippen molar-refractivity contribution >= 4 is 11.7 Å². The Morgan fingerprint density at radius 3 is 2.16 bits per heavy atom. The second-order valence-corrected chi connectivity index (χ2v) is 8.44. The molecule has 1 fully saturated rings. The molecular weight excluding hydrogens is 312 g/mol. The van der Waals surface area contributed by atoms with Crippen LogP contribution in [0.3, 0.4) is 0 Å². The van der Waals surface area contributed by atoms with Crippen LogP contribution in [0.4, 0.5) is 0 Å². The van der Waals surface area contributed by atoms with Crippen LogP contribution < -0.4 is 0 Å². The van der Waals surface area contributed by atoms with Gasteiger partial charge < -0.3 is 4.90 Å². The van der Waals surface area contributed by atoms with Gasteiger partial charge in [-0.2, -0.15) is 0 Å². The maximum atomic E-state index is 12.4. The third-order valence-electron chi connectivity index (χ3n) is 4.82. The van der Waals surface area contributed by atoms with Gasteiger partial charge in [0.1, 0.15) is 0 Å². The molecule has 4 nitrogen and oxygen atoms in total. The molecule has 1 aliphatic rings. The summed E-state index contributed by atoms with van der Waals surface area (Å²) < 4.78 is 0. The average Bonchev–Trinajstić information content (AvgIpc) is 2.54. The van der Waals surface area contributed by atoms with Crippen LogP contribution in [0.1, 0.15) is 55.1 Å². The number of piperazine rings is 1. The minimum absolute atomic E-state index is 0.0582. The number of amides is 1. The van der Waals surface area contributed by atoms with E-state index in [2.05, 4.69) is 25.7 Å². The van der Waals surface area contributed by atoms with E-state index in [1.54, 1.807) is 0 Å². The van der Waals surface area contributed by atoms with Gasteiger partial charge in [0.2, 0.25) is 5.91 Å². The van der Waals surface area contributed by atoms with E-state index >= 15 is 0 Å². The van der Waals surface area contributed by atoms with E-state index in [0.717, 1.165) is 38.3 Å². The number of carbonyl (C=O) groups is 2. The first-order valence-electron chi connectivity index (χ1n) is 9.26. The van der Waals surface area contributed by atoms with E-state index in [9.17, 15) is 9.59 Å². The summed E-state index contributed by atoms with van der Waals surface area (Å²) in [6, 6.07) is 5.76. The van der Waals surface area contributed by atoms with E-state index < -0.39 is 0 Å². The first-order valence-corrected chi connectivity index (χ1v) is 9.26. The van der Waals surface area contributed by atoms with Crippen molar-refractivity contribution in [3.05, 3.63) is 34.9 Å². The second-order valence-electron chi connectivity index (χ2n) is 8.44. The molecule has 0 unspecified atom stereocenters. The van der Waals surface area contributed by atoms with Gasteiger partial charge in [-0.25, -0.2) is 0 Å². The number of benzene rings is 1. The molecule has 0 aliphatic carbocycles. The van der Waals surface area contributed by atoms with E-state index in [1.807, 2.05) is 36.9 Å². The number of nitrogens with zero attached hydrogens (tertiary/aromatic N) is 2. The number of ketones is 1. The van der Waals surface area contributed by atoms with Crippen LogP contribution in [-0.2, 0) is 4.79 Å². The molecular formula is C21H32N2O2. The molecule has 25 heavy (non-hydrogen) atoms.